The number of unbranched alkanes of at least 4 members (excludes halogenated alkanes) is 1. The molecule has 1 N–H and O–H groups in total. The van der Waals surface area contributed by atoms with Crippen LogP contribution in [0.25, 0.3) is 0 Å². The Kier molecular flexibility index (Phi) is 5.69. The normalized spacial score (nSPS) is 10.4. The molecule has 0 aliphatic carbocycles. The number of ether oxygens (including phenoxy) is 1. The van der Waals surface area contributed by atoms with Crippen molar-refractivity contribution in [2.75, 3.05) is 0 Å². The maximum absolute atomic E-state index is 10.7. The molecule has 18 heavy (non-hydrogen) atoms. The maximum Gasteiger partial charge on any atom is 0.511 e. The van der Waals surface area contributed by atoms with Crippen molar-refractivity contribution in [3.8, 4) is 5.75 Å². The second-order valence-corrected chi connectivity index (χ2v) is 4.36. The van der Waals surface area contributed by atoms with Gasteiger partial charge in [0, 0.05) is 0 Å². The Bertz CT molecular complexity index is 410. The minimum absolute atomic E-state index is 0.488. The molecule has 0 saturated carbocycles. The summed E-state index contributed by atoms with van der Waals surface area (Å²) < 4.78 is 4.85. The quantitative estimate of drug-likeness (QED) is 0.607. The molecule has 0 fully saturated rings. The summed E-state index contributed by atoms with van der Waals surface area (Å²) in [6.45, 7) is 6.32. The summed E-state index contributed by atoms with van der Waals surface area (Å²) in [6, 6.07) is 3.79. The molecule has 1 aromatic rings. The van der Waals surface area contributed by atoms with Crippen molar-refractivity contribution < 1.29 is 14.6 Å². The van der Waals surface area contributed by atoms with E-state index in [-0.39, 0.29) is 0 Å². The maximum atomic E-state index is 10.7. The molecule has 3 heteroatoms. The van der Waals surface area contributed by atoms with E-state index in [4.69, 9.17) is 9.84 Å². The Morgan fingerprint density at radius 2 is 1.83 bits per heavy atom. The first kappa shape index (κ1) is 14.6. The van der Waals surface area contributed by atoms with Gasteiger partial charge in [0.1, 0.15) is 5.75 Å². The lowest BCUT2D eigenvalue weighted by Crippen LogP contribution is -2.08. The van der Waals surface area contributed by atoms with E-state index < -0.39 is 6.16 Å². The van der Waals surface area contributed by atoms with Gasteiger partial charge >= 0.3 is 6.16 Å². The van der Waals surface area contributed by atoms with Crippen molar-refractivity contribution in [1.29, 1.82) is 0 Å². The zero-order valence-electron chi connectivity index (χ0n) is 11.5. The van der Waals surface area contributed by atoms with Gasteiger partial charge in [-0.15, -0.1) is 0 Å². The van der Waals surface area contributed by atoms with Crippen molar-refractivity contribution >= 4 is 6.16 Å². The summed E-state index contributed by atoms with van der Waals surface area (Å²) >= 11 is 0. The fourth-order valence-corrected chi connectivity index (χ4v) is 2.34. The van der Waals surface area contributed by atoms with E-state index in [1.165, 1.54) is 11.1 Å². The van der Waals surface area contributed by atoms with Crippen molar-refractivity contribution in [2.45, 2.75) is 52.9 Å². The highest BCUT2D eigenvalue weighted by atomic mass is 16.7. The van der Waals surface area contributed by atoms with E-state index in [0.29, 0.717) is 5.75 Å². The number of hydrogen-bond donors (Lipinski definition) is 1. The Morgan fingerprint density at radius 1 is 1.17 bits per heavy atom. The second-order valence-electron chi connectivity index (χ2n) is 4.36. The lowest BCUT2D eigenvalue weighted by molar-refractivity contribution is 0.144. The molecule has 1 aromatic carbocycles. The van der Waals surface area contributed by atoms with Gasteiger partial charge in [-0.25, -0.2) is 4.79 Å². The van der Waals surface area contributed by atoms with Crippen LogP contribution < -0.4 is 4.74 Å². The molecule has 100 valence electrons. The largest absolute Gasteiger partial charge is 0.511 e. The van der Waals surface area contributed by atoms with Crippen molar-refractivity contribution in [1.82, 2.24) is 0 Å². The Hall–Kier alpha value is -1.51. The smallest absolute Gasteiger partial charge is 0.449 e. The van der Waals surface area contributed by atoms with Crippen LogP contribution in [0, 0.1) is 0 Å². The Morgan fingerprint density at radius 3 is 2.33 bits per heavy atom. The number of hydrogen-bond acceptors (Lipinski definition) is 2. The van der Waals surface area contributed by atoms with Crippen LogP contribution in [-0.2, 0) is 19.3 Å². The molecule has 0 heterocycles. The predicted octanol–water partition coefficient (Wildman–Crippen LogP) is 4.21. The van der Waals surface area contributed by atoms with Gasteiger partial charge in [-0.05, 0) is 48.4 Å². The van der Waals surface area contributed by atoms with Crippen LogP contribution in [0.2, 0.25) is 0 Å². The highest BCUT2D eigenvalue weighted by Crippen LogP contribution is 2.28. The first-order valence-electron chi connectivity index (χ1n) is 6.68. The molecule has 0 unspecified atom stereocenters. The van der Waals surface area contributed by atoms with E-state index in [0.717, 1.165) is 37.7 Å². The Balaban J connectivity index is 3.13. The highest BCUT2D eigenvalue weighted by molar-refractivity contribution is 5.63. The second kappa shape index (κ2) is 7.04. The van der Waals surface area contributed by atoms with Crippen LogP contribution in [0.3, 0.4) is 0 Å². The van der Waals surface area contributed by atoms with Gasteiger partial charge in [-0.3, -0.25) is 0 Å². The lowest BCUT2D eigenvalue weighted by Gasteiger charge is -2.15. The van der Waals surface area contributed by atoms with Crippen LogP contribution in [0.4, 0.5) is 4.79 Å². The number of benzene rings is 1. The molecule has 0 spiro atoms. The third kappa shape index (κ3) is 3.49. The van der Waals surface area contributed by atoms with Gasteiger partial charge in [0.2, 0.25) is 0 Å². The van der Waals surface area contributed by atoms with Crippen molar-refractivity contribution in [3.63, 3.8) is 0 Å². The van der Waals surface area contributed by atoms with Gasteiger partial charge in [0.15, 0.2) is 0 Å². The summed E-state index contributed by atoms with van der Waals surface area (Å²) in [5, 5.41) is 8.74. The number of carboxylic acid groups (broad SMARTS) is 1. The standard InChI is InChI=1S/C15H22O3/c1-4-7-8-11-9-10-14(18-15(16)17)13(6-3)12(11)5-2/h9-10H,4-8H2,1-3H3,(H,16,17). The molecule has 0 aliphatic heterocycles. The van der Waals surface area contributed by atoms with E-state index >= 15 is 0 Å². The summed E-state index contributed by atoms with van der Waals surface area (Å²) in [4.78, 5) is 10.7. The Labute approximate surface area is 109 Å². The topological polar surface area (TPSA) is 46.5 Å². The molecule has 0 amide bonds. The van der Waals surface area contributed by atoms with Crippen LogP contribution in [0.15, 0.2) is 12.1 Å². The number of carbonyl (C=O) groups is 1. The molecular formula is C15H22O3. The minimum atomic E-state index is -1.24. The van der Waals surface area contributed by atoms with E-state index in [9.17, 15) is 4.79 Å². The first-order chi connectivity index (χ1) is 8.63. The monoisotopic (exact) mass is 250 g/mol. The van der Waals surface area contributed by atoms with E-state index in [2.05, 4.69) is 13.8 Å². The third-order valence-corrected chi connectivity index (χ3v) is 3.19. The number of aryl methyl sites for hydroxylation is 1. The third-order valence-electron chi connectivity index (χ3n) is 3.19. The molecule has 0 aromatic heterocycles. The van der Waals surface area contributed by atoms with Gasteiger partial charge < -0.3 is 9.84 Å². The van der Waals surface area contributed by atoms with Crippen LogP contribution >= 0.6 is 0 Å². The van der Waals surface area contributed by atoms with Gasteiger partial charge in [-0.2, -0.15) is 0 Å². The average Bonchev–Trinajstić information content (AvgIpc) is 2.35. The van der Waals surface area contributed by atoms with Crippen LogP contribution in [0.1, 0.15) is 50.3 Å². The summed E-state index contributed by atoms with van der Waals surface area (Å²) in [5.74, 6) is 0.488. The average molecular weight is 250 g/mol. The predicted molar refractivity (Wildman–Crippen MR) is 72.5 cm³/mol. The molecule has 0 saturated heterocycles. The zero-order valence-corrected chi connectivity index (χ0v) is 11.5. The van der Waals surface area contributed by atoms with Gasteiger partial charge in [-0.1, -0.05) is 33.3 Å². The zero-order chi connectivity index (χ0) is 13.5. The van der Waals surface area contributed by atoms with Gasteiger partial charge in [0.05, 0.1) is 0 Å². The fourth-order valence-electron chi connectivity index (χ4n) is 2.34. The minimum Gasteiger partial charge on any atom is -0.449 e. The lowest BCUT2D eigenvalue weighted by atomic mass is 9.93. The SMILES string of the molecule is CCCCc1ccc(OC(=O)O)c(CC)c1CC. The molecule has 1 rings (SSSR count). The van der Waals surface area contributed by atoms with Crippen LogP contribution in [-0.4, -0.2) is 11.3 Å². The summed E-state index contributed by atoms with van der Waals surface area (Å²) in [7, 11) is 0. The number of rotatable bonds is 6. The van der Waals surface area contributed by atoms with Gasteiger partial charge in [0.25, 0.3) is 0 Å². The van der Waals surface area contributed by atoms with E-state index in [1.807, 2.05) is 13.0 Å². The highest BCUT2D eigenvalue weighted by Gasteiger charge is 2.13. The molecule has 0 atom stereocenters. The molecule has 0 radical (unpaired) electrons. The van der Waals surface area contributed by atoms with Crippen molar-refractivity contribution in [3.05, 3.63) is 28.8 Å². The molecule has 0 bridgehead atoms. The molecule has 0 aliphatic rings. The fraction of sp³-hybridized carbons (Fsp3) is 0.533. The van der Waals surface area contributed by atoms with Crippen LogP contribution in [0.5, 0.6) is 5.75 Å². The van der Waals surface area contributed by atoms with E-state index in [1.54, 1.807) is 6.07 Å². The van der Waals surface area contributed by atoms with Crippen molar-refractivity contribution in [2.24, 2.45) is 0 Å². The summed E-state index contributed by atoms with van der Waals surface area (Å²) in [6.07, 6.45) is 3.85. The molecule has 3 nitrogen and oxygen atoms in total. The summed E-state index contributed by atoms with van der Waals surface area (Å²) in [5.41, 5.74) is 3.62. The molecular weight excluding hydrogens is 228 g/mol. The first-order valence-corrected chi connectivity index (χ1v) is 6.68.